The van der Waals surface area contributed by atoms with Gasteiger partial charge >= 0.3 is 0 Å². The Bertz CT molecular complexity index is 340. The van der Waals surface area contributed by atoms with Gasteiger partial charge in [-0.25, -0.2) is 4.98 Å². The highest BCUT2D eigenvalue weighted by atomic mass is 35.5. The van der Waals surface area contributed by atoms with Crippen molar-refractivity contribution >= 4 is 40.8 Å². The summed E-state index contributed by atoms with van der Waals surface area (Å²) >= 11 is 16.4. The predicted molar refractivity (Wildman–Crippen MR) is 43.6 cm³/mol. The molecule has 0 fully saturated rings. The number of aromatic nitrogens is 1. The Morgan fingerprint density at radius 1 is 1.42 bits per heavy atom. The van der Waals surface area contributed by atoms with E-state index >= 15 is 0 Å². The maximum atomic E-state index is 10.4. The molecule has 0 atom stereocenters. The summed E-state index contributed by atoms with van der Waals surface area (Å²) in [4.78, 5) is 14.0. The summed E-state index contributed by atoms with van der Waals surface area (Å²) in [6.45, 7) is 0. The summed E-state index contributed by atoms with van der Waals surface area (Å²) < 4.78 is 0. The Kier molecular flexibility index (Phi) is 2.77. The van der Waals surface area contributed by atoms with Gasteiger partial charge in [0.25, 0.3) is 0 Å². The molecule has 1 rings (SSSR count). The molecule has 0 aliphatic carbocycles. The van der Waals surface area contributed by atoms with E-state index in [1.807, 2.05) is 0 Å². The van der Waals surface area contributed by atoms with Crippen LogP contribution in [0.4, 0.5) is 0 Å². The van der Waals surface area contributed by atoms with Crippen molar-refractivity contribution in [1.29, 1.82) is 0 Å². The van der Waals surface area contributed by atoms with E-state index < -0.39 is 5.97 Å². The third-order valence-corrected chi connectivity index (χ3v) is 2.17. The summed E-state index contributed by atoms with van der Waals surface area (Å²) in [5.41, 5.74) is -0.335. The summed E-state index contributed by atoms with van der Waals surface area (Å²) in [5.74, 6) is -1.48. The first-order valence-electron chi connectivity index (χ1n) is 2.75. The SMILES string of the molecule is O=C([O-])c1c(Cl)cnc(Cl)c1Cl. The Labute approximate surface area is 82.9 Å². The molecule has 0 aliphatic heterocycles. The Balaban J connectivity index is 3.43. The molecule has 0 unspecified atom stereocenters. The van der Waals surface area contributed by atoms with Gasteiger partial charge in [-0.2, -0.15) is 0 Å². The quantitative estimate of drug-likeness (QED) is 0.679. The van der Waals surface area contributed by atoms with Gasteiger partial charge in [0.05, 0.1) is 16.0 Å². The lowest BCUT2D eigenvalue weighted by Gasteiger charge is -2.07. The van der Waals surface area contributed by atoms with Gasteiger partial charge in [-0.05, 0) is 0 Å². The van der Waals surface area contributed by atoms with E-state index in [1.165, 1.54) is 0 Å². The molecule has 0 aliphatic rings. The highest BCUT2D eigenvalue weighted by molar-refractivity contribution is 6.45. The summed E-state index contributed by atoms with van der Waals surface area (Å²) in [7, 11) is 0. The summed E-state index contributed by atoms with van der Waals surface area (Å²) in [6.07, 6.45) is 1.10. The van der Waals surface area contributed by atoms with Crippen molar-refractivity contribution in [2.45, 2.75) is 0 Å². The molecule has 6 heteroatoms. The molecule has 0 saturated carbocycles. The van der Waals surface area contributed by atoms with Crippen molar-refractivity contribution in [1.82, 2.24) is 4.98 Å². The molecular weight excluding hydrogens is 224 g/mol. The predicted octanol–water partition coefficient (Wildman–Crippen LogP) is 1.41. The van der Waals surface area contributed by atoms with Crippen molar-refractivity contribution in [3.8, 4) is 0 Å². The molecule has 12 heavy (non-hydrogen) atoms. The van der Waals surface area contributed by atoms with Gasteiger partial charge in [0.15, 0.2) is 0 Å². The number of rotatable bonds is 1. The normalized spacial score (nSPS) is 9.92. The van der Waals surface area contributed by atoms with Crippen LogP contribution >= 0.6 is 34.8 Å². The Morgan fingerprint density at radius 3 is 2.42 bits per heavy atom. The van der Waals surface area contributed by atoms with Crippen LogP contribution in [0.5, 0.6) is 0 Å². The first kappa shape index (κ1) is 9.58. The van der Waals surface area contributed by atoms with Crippen molar-refractivity contribution in [2.75, 3.05) is 0 Å². The lowest BCUT2D eigenvalue weighted by Crippen LogP contribution is -2.23. The lowest BCUT2D eigenvalue weighted by molar-refractivity contribution is -0.255. The average Bonchev–Trinajstić information content (AvgIpc) is 1.97. The van der Waals surface area contributed by atoms with Crippen LogP contribution in [0.1, 0.15) is 10.4 Å². The first-order valence-corrected chi connectivity index (χ1v) is 3.88. The van der Waals surface area contributed by atoms with Gasteiger partial charge in [-0.1, -0.05) is 34.8 Å². The van der Waals surface area contributed by atoms with Crippen molar-refractivity contribution in [2.24, 2.45) is 0 Å². The summed E-state index contributed by atoms with van der Waals surface area (Å²) in [6, 6.07) is 0. The van der Waals surface area contributed by atoms with Crippen LogP contribution in [0.3, 0.4) is 0 Å². The largest absolute Gasteiger partial charge is 0.545 e. The molecule has 0 N–H and O–H groups in total. The van der Waals surface area contributed by atoms with Crippen LogP contribution in [0.15, 0.2) is 6.20 Å². The molecule has 1 aromatic rings. The average molecular weight is 225 g/mol. The van der Waals surface area contributed by atoms with Gasteiger partial charge in [0.1, 0.15) is 5.15 Å². The second-order valence-corrected chi connectivity index (χ2v) is 3.02. The van der Waals surface area contributed by atoms with E-state index in [2.05, 4.69) is 4.98 Å². The van der Waals surface area contributed by atoms with E-state index in [4.69, 9.17) is 34.8 Å². The Morgan fingerprint density at radius 2 is 2.00 bits per heavy atom. The highest BCUT2D eigenvalue weighted by Crippen LogP contribution is 2.28. The number of carboxylic acid groups (broad SMARTS) is 1. The van der Waals surface area contributed by atoms with Crippen LogP contribution in [-0.2, 0) is 0 Å². The zero-order valence-electron chi connectivity index (χ0n) is 5.47. The number of carbonyl (C=O) groups excluding carboxylic acids is 1. The molecular formula is C6HCl3NO2-. The molecule has 64 valence electrons. The number of pyridine rings is 1. The van der Waals surface area contributed by atoms with Crippen LogP contribution in [-0.4, -0.2) is 11.0 Å². The molecule has 0 saturated heterocycles. The van der Waals surface area contributed by atoms with Gasteiger partial charge in [0, 0.05) is 11.8 Å². The number of carboxylic acids is 1. The third kappa shape index (κ3) is 1.63. The molecule has 3 nitrogen and oxygen atoms in total. The van der Waals surface area contributed by atoms with Crippen molar-refractivity contribution < 1.29 is 9.90 Å². The number of halogens is 3. The molecule has 0 radical (unpaired) electrons. The van der Waals surface area contributed by atoms with Crippen LogP contribution in [0.2, 0.25) is 15.2 Å². The zero-order chi connectivity index (χ0) is 9.30. The number of hydrogen-bond donors (Lipinski definition) is 0. The minimum absolute atomic E-state index is 0.0931. The van der Waals surface area contributed by atoms with E-state index in [0.29, 0.717) is 0 Å². The van der Waals surface area contributed by atoms with Gasteiger partial charge in [-0.3, -0.25) is 0 Å². The fourth-order valence-corrected chi connectivity index (χ4v) is 1.27. The Hall–Kier alpha value is -0.510. The van der Waals surface area contributed by atoms with Crippen LogP contribution in [0.25, 0.3) is 0 Å². The number of carbonyl (C=O) groups is 1. The van der Waals surface area contributed by atoms with E-state index in [9.17, 15) is 9.90 Å². The molecule has 1 heterocycles. The number of nitrogens with zero attached hydrogens (tertiary/aromatic N) is 1. The molecule has 0 aromatic carbocycles. The molecule has 0 amide bonds. The van der Waals surface area contributed by atoms with Gasteiger partial charge < -0.3 is 9.90 Å². The first-order chi connectivity index (χ1) is 5.54. The van der Waals surface area contributed by atoms with Gasteiger partial charge in [-0.15, -0.1) is 0 Å². The smallest absolute Gasteiger partial charge is 0.148 e. The lowest BCUT2D eigenvalue weighted by atomic mass is 10.3. The van der Waals surface area contributed by atoms with E-state index in [-0.39, 0.29) is 20.8 Å². The minimum atomic E-state index is -1.48. The van der Waals surface area contributed by atoms with Crippen molar-refractivity contribution in [3.05, 3.63) is 27.0 Å². The van der Waals surface area contributed by atoms with Gasteiger partial charge in [0.2, 0.25) is 0 Å². The minimum Gasteiger partial charge on any atom is -0.545 e. The third-order valence-electron chi connectivity index (χ3n) is 1.13. The van der Waals surface area contributed by atoms with E-state index in [0.717, 1.165) is 6.20 Å². The molecule has 0 spiro atoms. The maximum absolute atomic E-state index is 10.4. The molecule has 0 bridgehead atoms. The topological polar surface area (TPSA) is 53.0 Å². The van der Waals surface area contributed by atoms with Crippen LogP contribution in [0, 0.1) is 0 Å². The number of aromatic carboxylic acids is 1. The van der Waals surface area contributed by atoms with Crippen LogP contribution < -0.4 is 5.11 Å². The number of hydrogen-bond acceptors (Lipinski definition) is 3. The fourth-order valence-electron chi connectivity index (χ4n) is 0.630. The maximum Gasteiger partial charge on any atom is 0.148 e. The second kappa shape index (κ2) is 3.47. The standard InChI is InChI=1S/C6H2Cl3NO2/c7-2-1-10-5(9)4(8)3(2)6(11)12/h1H,(H,11,12)/p-1. The molecule has 1 aromatic heterocycles. The fraction of sp³-hybridized carbons (Fsp3) is 0. The van der Waals surface area contributed by atoms with E-state index in [1.54, 1.807) is 0 Å². The second-order valence-electron chi connectivity index (χ2n) is 1.87. The highest BCUT2D eigenvalue weighted by Gasteiger charge is 2.10. The zero-order valence-corrected chi connectivity index (χ0v) is 7.74. The summed E-state index contributed by atoms with van der Waals surface area (Å²) in [5, 5.41) is 10.0. The monoisotopic (exact) mass is 224 g/mol. The van der Waals surface area contributed by atoms with Crippen molar-refractivity contribution in [3.63, 3.8) is 0 Å².